The van der Waals surface area contributed by atoms with Crippen LogP contribution < -0.4 is 5.32 Å². The first kappa shape index (κ1) is 15.7. The zero-order valence-electron chi connectivity index (χ0n) is 10.7. The van der Waals surface area contributed by atoms with E-state index in [1.807, 2.05) is 26.0 Å². The van der Waals surface area contributed by atoms with Gasteiger partial charge in [-0.3, -0.25) is 0 Å². The highest BCUT2D eigenvalue weighted by molar-refractivity contribution is 6.34. The van der Waals surface area contributed by atoms with Crippen LogP contribution in [0.3, 0.4) is 0 Å². The molecule has 1 aromatic carbocycles. The standard InChI is InChI=1S/C13H19Cl2NO2/c1-3-17-13(18-4-2)9-16-8-10-5-11(14)7-12(15)6-10/h5-7,13,16H,3-4,8-9H2,1-2H3. The minimum absolute atomic E-state index is 0.213. The van der Waals surface area contributed by atoms with E-state index >= 15 is 0 Å². The molecule has 0 heterocycles. The quantitative estimate of drug-likeness (QED) is 0.744. The number of rotatable bonds is 8. The van der Waals surface area contributed by atoms with Crippen molar-refractivity contribution in [1.29, 1.82) is 0 Å². The van der Waals surface area contributed by atoms with Crippen LogP contribution in [0.4, 0.5) is 0 Å². The van der Waals surface area contributed by atoms with Crippen LogP contribution in [-0.2, 0) is 16.0 Å². The molecule has 1 rings (SSSR count). The van der Waals surface area contributed by atoms with Gasteiger partial charge < -0.3 is 14.8 Å². The van der Waals surface area contributed by atoms with Gasteiger partial charge in [-0.1, -0.05) is 23.2 Å². The summed E-state index contributed by atoms with van der Waals surface area (Å²) in [5.41, 5.74) is 1.04. The van der Waals surface area contributed by atoms with Crippen molar-refractivity contribution in [2.75, 3.05) is 19.8 Å². The highest BCUT2D eigenvalue weighted by atomic mass is 35.5. The van der Waals surface area contributed by atoms with Gasteiger partial charge in [0.1, 0.15) is 0 Å². The fourth-order valence-electron chi connectivity index (χ4n) is 1.59. The maximum absolute atomic E-state index is 5.93. The Labute approximate surface area is 118 Å². The van der Waals surface area contributed by atoms with Gasteiger partial charge in [0.25, 0.3) is 0 Å². The summed E-state index contributed by atoms with van der Waals surface area (Å²) in [5.74, 6) is 0. The topological polar surface area (TPSA) is 30.5 Å². The summed E-state index contributed by atoms with van der Waals surface area (Å²) in [5, 5.41) is 4.55. The van der Waals surface area contributed by atoms with Crippen molar-refractivity contribution in [2.45, 2.75) is 26.7 Å². The molecule has 18 heavy (non-hydrogen) atoms. The summed E-state index contributed by atoms with van der Waals surface area (Å²) in [4.78, 5) is 0. The monoisotopic (exact) mass is 291 g/mol. The van der Waals surface area contributed by atoms with Gasteiger partial charge in [0, 0.05) is 36.3 Å². The fraction of sp³-hybridized carbons (Fsp3) is 0.538. The van der Waals surface area contributed by atoms with Crippen LogP contribution in [0.5, 0.6) is 0 Å². The minimum Gasteiger partial charge on any atom is -0.352 e. The van der Waals surface area contributed by atoms with Crippen molar-refractivity contribution in [3.63, 3.8) is 0 Å². The van der Waals surface area contributed by atoms with E-state index in [0.29, 0.717) is 36.3 Å². The molecule has 1 N–H and O–H groups in total. The lowest BCUT2D eigenvalue weighted by molar-refractivity contribution is -0.133. The maximum atomic E-state index is 5.93. The summed E-state index contributed by atoms with van der Waals surface area (Å²) in [6.07, 6.45) is -0.213. The van der Waals surface area contributed by atoms with E-state index in [2.05, 4.69) is 5.32 Å². The molecule has 0 fully saturated rings. The number of benzene rings is 1. The van der Waals surface area contributed by atoms with E-state index in [1.165, 1.54) is 0 Å². The molecule has 0 atom stereocenters. The molecule has 0 aliphatic heterocycles. The highest BCUT2D eigenvalue weighted by Crippen LogP contribution is 2.18. The molecule has 1 aromatic rings. The largest absolute Gasteiger partial charge is 0.352 e. The van der Waals surface area contributed by atoms with Gasteiger partial charge in [-0.05, 0) is 37.6 Å². The van der Waals surface area contributed by atoms with Gasteiger partial charge in [-0.25, -0.2) is 0 Å². The Morgan fingerprint density at radius 1 is 1.06 bits per heavy atom. The van der Waals surface area contributed by atoms with E-state index in [4.69, 9.17) is 32.7 Å². The Bertz CT molecular complexity index is 335. The number of halogens is 2. The second-order valence-electron chi connectivity index (χ2n) is 3.75. The second-order valence-corrected chi connectivity index (χ2v) is 4.62. The molecule has 5 heteroatoms. The molecule has 0 radical (unpaired) electrons. The zero-order chi connectivity index (χ0) is 13.4. The summed E-state index contributed by atoms with van der Waals surface area (Å²) >= 11 is 11.9. The summed E-state index contributed by atoms with van der Waals surface area (Å²) in [6.45, 7) is 6.47. The molecular formula is C13H19Cl2NO2. The van der Waals surface area contributed by atoms with E-state index in [9.17, 15) is 0 Å². The minimum atomic E-state index is -0.213. The molecule has 0 bridgehead atoms. The van der Waals surface area contributed by atoms with Crippen molar-refractivity contribution in [1.82, 2.24) is 5.32 Å². The maximum Gasteiger partial charge on any atom is 0.169 e. The summed E-state index contributed by atoms with van der Waals surface area (Å²) in [7, 11) is 0. The van der Waals surface area contributed by atoms with Crippen molar-refractivity contribution < 1.29 is 9.47 Å². The lowest BCUT2D eigenvalue weighted by atomic mass is 10.2. The molecule has 0 amide bonds. The summed E-state index contributed by atoms with van der Waals surface area (Å²) in [6, 6.07) is 5.49. The predicted molar refractivity (Wildman–Crippen MR) is 75.2 cm³/mol. The van der Waals surface area contributed by atoms with Gasteiger partial charge in [0.05, 0.1) is 0 Å². The van der Waals surface area contributed by atoms with Crippen LogP contribution in [-0.4, -0.2) is 26.0 Å². The van der Waals surface area contributed by atoms with Crippen LogP contribution in [0.2, 0.25) is 10.0 Å². The average Bonchev–Trinajstić information content (AvgIpc) is 2.28. The number of ether oxygens (including phenoxy) is 2. The normalized spacial score (nSPS) is 11.2. The van der Waals surface area contributed by atoms with Crippen LogP contribution in [0, 0.1) is 0 Å². The third kappa shape index (κ3) is 6.03. The van der Waals surface area contributed by atoms with E-state index < -0.39 is 0 Å². The van der Waals surface area contributed by atoms with Gasteiger partial charge in [0.15, 0.2) is 6.29 Å². The average molecular weight is 292 g/mol. The van der Waals surface area contributed by atoms with Crippen molar-refractivity contribution >= 4 is 23.2 Å². The first-order valence-electron chi connectivity index (χ1n) is 6.04. The Hall–Kier alpha value is -0.320. The van der Waals surface area contributed by atoms with Crippen LogP contribution in [0.1, 0.15) is 19.4 Å². The van der Waals surface area contributed by atoms with Gasteiger partial charge in [-0.15, -0.1) is 0 Å². The van der Waals surface area contributed by atoms with E-state index in [1.54, 1.807) is 6.07 Å². The molecule has 3 nitrogen and oxygen atoms in total. The predicted octanol–water partition coefficient (Wildman–Crippen LogP) is 3.48. The lowest BCUT2D eigenvalue weighted by Gasteiger charge is -2.17. The molecular weight excluding hydrogens is 273 g/mol. The van der Waals surface area contributed by atoms with Crippen molar-refractivity contribution in [2.24, 2.45) is 0 Å². The number of nitrogens with one attached hydrogen (secondary N) is 1. The molecule has 0 aliphatic rings. The second kappa shape index (κ2) is 8.73. The van der Waals surface area contributed by atoms with Crippen LogP contribution >= 0.6 is 23.2 Å². The molecule has 0 saturated heterocycles. The molecule has 0 unspecified atom stereocenters. The van der Waals surface area contributed by atoms with Gasteiger partial charge in [0.2, 0.25) is 0 Å². The molecule has 0 saturated carbocycles. The molecule has 0 aromatic heterocycles. The summed E-state index contributed by atoms with van der Waals surface area (Å²) < 4.78 is 10.9. The Morgan fingerprint density at radius 3 is 2.11 bits per heavy atom. The first-order valence-corrected chi connectivity index (χ1v) is 6.80. The van der Waals surface area contributed by atoms with Crippen LogP contribution in [0.25, 0.3) is 0 Å². The van der Waals surface area contributed by atoms with Gasteiger partial charge in [-0.2, -0.15) is 0 Å². The zero-order valence-corrected chi connectivity index (χ0v) is 12.2. The lowest BCUT2D eigenvalue weighted by Crippen LogP contribution is -2.31. The fourth-order valence-corrected chi connectivity index (χ4v) is 2.16. The van der Waals surface area contributed by atoms with E-state index in [-0.39, 0.29) is 6.29 Å². The Balaban J connectivity index is 2.39. The number of hydrogen-bond acceptors (Lipinski definition) is 3. The third-order valence-electron chi connectivity index (χ3n) is 2.27. The molecule has 0 spiro atoms. The highest BCUT2D eigenvalue weighted by Gasteiger charge is 2.07. The number of hydrogen-bond donors (Lipinski definition) is 1. The first-order chi connectivity index (χ1) is 8.65. The van der Waals surface area contributed by atoms with Crippen molar-refractivity contribution in [3.8, 4) is 0 Å². The van der Waals surface area contributed by atoms with E-state index in [0.717, 1.165) is 5.56 Å². The third-order valence-corrected chi connectivity index (χ3v) is 2.70. The smallest absolute Gasteiger partial charge is 0.169 e. The molecule has 102 valence electrons. The Morgan fingerprint density at radius 2 is 1.61 bits per heavy atom. The Kier molecular flexibility index (Phi) is 7.63. The van der Waals surface area contributed by atoms with Crippen LogP contribution in [0.15, 0.2) is 18.2 Å². The van der Waals surface area contributed by atoms with Crippen molar-refractivity contribution in [3.05, 3.63) is 33.8 Å². The van der Waals surface area contributed by atoms with Gasteiger partial charge >= 0.3 is 0 Å². The SMILES string of the molecule is CCOC(CNCc1cc(Cl)cc(Cl)c1)OCC. The molecule has 0 aliphatic carbocycles.